The highest BCUT2D eigenvalue weighted by Crippen LogP contribution is 2.29. The summed E-state index contributed by atoms with van der Waals surface area (Å²) >= 11 is 0. The summed E-state index contributed by atoms with van der Waals surface area (Å²) in [5.74, 6) is 1.54. The number of carbonyl (C=O) groups excluding carboxylic acids is 1. The van der Waals surface area contributed by atoms with Crippen molar-refractivity contribution in [3.8, 4) is 11.5 Å². The summed E-state index contributed by atoms with van der Waals surface area (Å²) in [7, 11) is 1.64. The molecule has 0 unspecified atom stereocenters. The van der Waals surface area contributed by atoms with Crippen LogP contribution in [0.5, 0.6) is 11.5 Å². The summed E-state index contributed by atoms with van der Waals surface area (Å²) in [5.41, 5.74) is 2.89. The highest BCUT2D eigenvalue weighted by molar-refractivity contribution is 5.94. The number of hydrogen-bond donors (Lipinski definition) is 0. The van der Waals surface area contributed by atoms with Crippen LogP contribution >= 0.6 is 0 Å². The molecule has 3 rings (SSSR count). The molecule has 26 heavy (non-hydrogen) atoms. The average molecular weight is 351 g/mol. The molecule has 1 aliphatic heterocycles. The van der Waals surface area contributed by atoms with Crippen molar-refractivity contribution >= 4 is 5.91 Å². The normalized spacial score (nSPS) is 13.5. The van der Waals surface area contributed by atoms with Gasteiger partial charge in [0.25, 0.3) is 5.91 Å². The van der Waals surface area contributed by atoms with Gasteiger partial charge in [0.2, 0.25) is 0 Å². The number of methoxy groups -OCH3 is 1. The molecule has 0 atom stereocenters. The monoisotopic (exact) mass is 351 g/mol. The van der Waals surface area contributed by atoms with Crippen molar-refractivity contribution in [3.05, 3.63) is 71.8 Å². The molecular weight excluding hydrogens is 326 g/mol. The van der Waals surface area contributed by atoms with Crippen molar-refractivity contribution in [2.75, 3.05) is 20.2 Å². The van der Waals surface area contributed by atoms with Gasteiger partial charge in [0.15, 0.2) is 11.5 Å². The lowest BCUT2D eigenvalue weighted by Crippen LogP contribution is -2.27. The Morgan fingerprint density at radius 1 is 1.08 bits per heavy atom. The molecule has 0 bridgehead atoms. The summed E-state index contributed by atoms with van der Waals surface area (Å²) < 4.78 is 11.3. The fraction of sp³-hybridized carbons (Fsp3) is 0.318. The van der Waals surface area contributed by atoms with E-state index in [4.69, 9.17) is 9.47 Å². The van der Waals surface area contributed by atoms with Crippen molar-refractivity contribution in [1.29, 1.82) is 0 Å². The largest absolute Gasteiger partial charge is 0.493 e. The number of hydrogen-bond acceptors (Lipinski definition) is 3. The average Bonchev–Trinajstić information content (AvgIpc) is 3.22. The molecule has 1 fully saturated rings. The van der Waals surface area contributed by atoms with Gasteiger partial charge < -0.3 is 14.4 Å². The molecule has 2 aromatic carbocycles. The molecule has 0 saturated carbocycles. The zero-order valence-corrected chi connectivity index (χ0v) is 15.2. The first-order valence-electron chi connectivity index (χ1n) is 9.00. The Bertz CT molecular complexity index is 761. The van der Waals surface area contributed by atoms with Gasteiger partial charge in [-0.3, -0.25) is 4.79 Å². The minimum atomic E-state index is 0.120. The number of benzene rings is 2. The topological polar surface area (TPSA) is 38.8 Å². The van der Waals surface area contributed by atoms with Gasteiger partial charge in [-0.2, -0.15) is 0 Å². The second-order valence-corrected chi connectivity index (χ2v) is 6.46. The van der Waals surface area contributed by atoms with Crippen LogP contribution in [0.1, 0.15) is 34.3 Å². The summed E-state index contributed by atoms with van der Waals surface area (Å²) in [6.45, 7) is 5.91. The molecule has 0 spiro atoms. The second kappa shape index (κ2) is 8.56. The highest BCUT2D eigenvalue weighted by Gasteiger charge is 2.19. The van der Waals surface area contributed by atoms with Gasteiger partial charge in [0, 0.05) is 18.7 Å². The van der Waals surface area contributed by atoms with E-state index < -0.39 is 0 Å². The van der Waals surface area contributed by atoms with Crippen LogP contribution in [0.15, 0.2) is 55.1 Å². The van der Waals surface area contributed by atoms with Crippen LogP contribution in [0.25, 0.3) is 0 Å². The molecule has 0 N–H and O–H groups in total. The smallest absolute Gasteiger partial charge is 0.253 e. The zero-order chi connectivity index (χ0) is 18.4. The minimum Gasteiger partial charge on any atom is -0.493 e. The van der Waals surface area contributed by atoms with Gasteiger partial charge in [0.05, 0.1) is 7.11 Å². The Labute approximate surface area is 155 Å². The molecular formula is C22H25NO3. The van der Waals surface area contributed by atoms with Crippen LogP contribution in [-0.2, 0) is 13.0 Å². The Balaban J connectivity index is 1.62. The van der Waals surface area contributed by atoms with Crippen LogP contribution in [0, 0.1) is 0 Å². The number of rotatable bonds is 7. The van der Waals surface area contributed by atoms with Crippen LogP contribution < -0.4 is 9.47 Å². The Kier molecular flexibility index (Phi) is 5.95. The Morgan fingerprint density at radius 3 is 2.42 bits per heavy atom. The van der Waals surface area contributed by atoms with Crippen molar-refractivity contribution in [2.24, 2.45) is 0 Å². The maximum atomic E-state index is 12.4. The first-order valence-corrected chi connectivity index (χ1v) is 9.00. The second-order valence-electron chi connectivity index (χ2n) is 6.46. The van der Waals surface area contributed by atoms with E-state index in [1.165, 1.54) is 0 Å². The van der Waals surface area contributed by atoms with Crippen LogP contribution in [0.3, 0.4) is 0 Å². The first kappa shape index (κ1) is 18.1. The number of likely N-dealkylation sites (tertiary alicyclic amines) is 1. The summed E-state index contributed by atoms with van der Waals surface area (Å²) in [5, 5.41) is 0. The van der Waals surface area contributed by atoms with Gasteiger partial charge in [-0.15, -0.1) is 6.58 Å². The predicted molar refractivity (Wildman–Crippen MR) is 103 cm³/mol. The van der Waals surface area contributed by atoms with E-state index >= 15 is 0 Å². The Hall–Kier alpha value is -2.75. The molecule has 4 heteroatoms. The number of amides is 1. The fourth-order valence-electron chi connectivity index (χ4n) is 3.13. The summed E-state index contributed by atoms with van der Waals surface area (Å²) in [4.78, 5) is 14.3. The van der Waals surface area contributed by atoms with Crippen molar-refractivity contribution < 1.29 is 14.3 Å². The molecule has 2 aromatic rings. The van der Waals surface area contributed by atoms with E-state index in [0.717, 1.165) is 49.0 Å². The summed E-state index contributed by atoms with van der Waals surface area (Å²) in [6, 6.07) is 13.5. The van der Waals surface area contributed by atoms with Gasteiger partial charge in [0.1, 0.15) is 6.61 Å². The molecule has 4 nitrogen and oxygen atoms in total. The minimum absolute atomic E-state index is 0.120. The maximum Gasteiger partial charge on any atom is 0.253 e. The molecule has 1 heterocycles. The van der Waals surface area contributed by atoms with Crippen molar-refractivity contribution in [3.63, 3.8) is 0 Å². The number of allylic oxidation sites excluding steroid dienone is 1. The zero-order valence-electron chi connectivity index (χ0n) is 15.2. The third-order valence-corrected chi connectivity index (χ3v) is 4.60. The van der Waals surface area contributed by atoms with Gasteiger partial charge in [-0.25, -0.2) is 0 Å². The van der Waals surface area contributed by atoms with Gasteiger partial charge >= 0.3 is 0 Å². The highest BCUT2D eigenvalue weighted by atomic mass is 16.5. The van der Waals surface area contributed by atoms with E-state index in [9.17, 15) is 4.79 Å². The SMILES string of the molecule is C=CCc1ccc(OCc2ccc(C(=O)N3CCCC3)cc2)c(OC)c1. The van der Waals surface area contributed by atoms with Crippen molar-refractivity contribution in [2.45, 2.75) is 25.9 Å². The lowest BCUT2D eigenvalue weighted by atomic mass is 10.1. The number of nitrogens with zero attached hydrogens (tertiary/aromatic N) is 1. The third-order valence-electron chi connectivity index (χ3n) is 4.60. The van der Waals surface area contributed by atoms with Crippen LogP contribution in [0.4, 0.5) is 0 Å². The molecule has 0 aromatic heterocycles. The molecule has 1 amide bonds. The molecule has 1 saturated heterocycles. The van der Waals surface area contributed by atoms with E-state index in [-0.39, 0.29) is 5.91 Å². The van der Waals surface area contributed by atoms with E-state index in [2.05, 4.69) is 6.58 Å². The molecule has 0 radical (unpaired) electrons. The lowest BCUT2D eigenvalue weighted by Gasteiger charge is -2.15. The maximum absolute atomic E-state index is 12.4. The fourth-order valence-corrected chi connectivity index (χ4v) is 3.13. The molecule has 136 valence electrons. The van der Waals surface area contributed by atoms with Crippen LogP contribution in [0.2, 0.25) is 0 Å². The summed E-state index contributed by atoms with van der Waals surface area (Å²) in [6.07, 6.45) is 4.86. The van der Waals surface area contributed by atoms with E-state index in [1.807, 2.05) is 53.4 Å². The van der Waals surface area contributed by atoms with Gasteiger partial charge in [-0.05, 0) is 54.7 Å². The standard InChI is InChI=1S/C22H25NO3/c1-3-6-17-9-12-20(21(15-17)25-2)26-16-18-7-10-19(11-8-18)22(24)23-13-4-5-14-23/h3,7-12,15H,1,4-6,13-14,16H2,2H3. The quantitative estimate of drug-likeness (QED) is 0.701. The number of ether oxygens (including phenoxy) is 2. The third kappa shape index (κ3) is 4.26. The number of carbonyl (C=O) groups is 1. The molecule has 0 aliphatic carbocycles. The van der Waals surface area contributed by atoms with E-state index in [0.29, 0.717) is 18.1 Å². The van der Waals surface area contributed by atoms with E-state index in [1.54, 1.807) is 7.11 Å². The van der Waals surface area contributed by atoms with Crippen molar-refractivity contribution in [1.82, 2.24) is 4.90 Å². The lowest BCUT2D eigenvalue weighted by molar-refractivity contribution is 0.0793. The Morgan fingerprint density at radius 2 is 1.77 bits per heavy atom. The van der Waals surface area contributed by atoms with Gasteiger partial charge in [-0.1, -0.05) is 24.3 Å². The molecule has 1 aliphatic rings. The predicted octanol–water partition coefficient (Wildman–Crippen LogP) is 4.24. The first-order chi connectivity index (χ1) is 12.7. The van der Waals surface area contributed by atoms with Crippen LogP contribution in [-0.4, -0.2) is 31.0 Å².